The molecule has 0 aliphatic heterocycles. The Morgan fingerprint density at radius 3 is 2.70 bits per heavy atom. The Kier molecular flexibility index (Phi) is 4.51. The highest BCUT2D eigenvalue weighted by molar-refractivity contribution is 5.82. The summed E-state index contributed by atoms with van der Waals surface area (Å²) in [7, 11) is 0. The minimum absolute atomic E-state index is 0.132. The highest BCUT2D eigenvalue weighted by atomic mass is 16.5. The molecule has 0 aromatic heterocycles. The van der Waals surface area contributed by atoms with E-state index in [0.29, 0.717) is 12.4 Å². The lowest BCUT2D eigenvalue weighted by atomic mass is 9.86. The number of rotatable bonds is 4. The van der Waals surface area contributed by atoms with Crippen LogP contribution in [-0.4, -0.2) is 12.4 Å². The molecule has 3 rings (SSSR count). The first kappa shape index (κ1) is 13.8. The fourth-order valence-corrected chi connectivity index (χ4v) is 3.61. The average molecular weight is 272 g/mol. The van der Waals surface area contributed by atoms with Crippen LogP contribution in [0.15, 0.2) is 24.3 Å². The molecule has 20 heavy (non-hydrogen) atoms. The predicted octanol–water partition coefficient (Wildman–Crippen LogP) is 4.23. The zero-order valence-electron chi connectivity index (χ0n) is 12.1. The maximum Gasteiger partial charge on any atom is 0.161 e. The van der Waals surface area contributed by atoms with Crippen LogP contribution in [0.3, 0.4) is 0 Å². The molecular weight excluding hydrogens is 248 g/mol. The van der Waals surface area contributed by atoms with Crippen LogP contribution in [-0.2, 0) is 16.0 Å². The molecule has 1 fully saturated rings. The fraction of sp³-hybridized carbons (Fsp3) is 0.611. The van der Waals surface area contributed by atoms with E-state index in [1.807, 2.05) is 0 Å². The van der Waals surface area contributed by atoms with Crippen LogP contribution in [0.5, 0.6) is 0 Å². The standard InChI is InChI=1S/C18H24O2/c19-17(15-8-2-1-3-9-15)13-20-18-12-6-10-14-7-4-5-11-16(14)18/h4-5,7,11,15,18H,1-3,6,8-10,12-13H2. The monoisotopic (exact) mass is 272 g/mol. The minimum Gasteiger partial charge on any atom is -0.366 e. The van der Waals surface area contributed by atoms with Gasteiger partial charge in [0.15, 0.2) is 5.78 Å². The van der Waals surface area contributed by atoms with Gasteiger partial charge in [0.1, 0.15) is 6.61 Å². The molecule has 0 saturated heterocycles. The summed E-state index contributed by atoms with van der Waals surface area (Å²) in [5.41, 5.74) is 2.70. The van der Waals surface area contributed by atoms with Crippen molar-refractivity contribution in [3.8, 4) is 0 Å². The first-order chi connectivity index (χ1) is 9.84. The third-order valence-corrected chi connectivity index (χ3v) is 4.80. The number of ketones is 1. The Hall–Kier alpha value is -1.15. The first-order valence-electron chi connectivity index (χ1n) is 8.07. The number of aryl methyl sites for hydroxylation is 1. The summed E-state index contributed by atoms with van der Waals surface area (Å²) < 4.78 is 5.97. The van der Waals surface area contributed by atoms with Crippen molar-refractivity contribution >= 4 is 5.78 Å². The molecular formula is C18H24O2. The maximum atomic E-state index is 12.2. The van der Waals surface area contributed by atoms with Crippen molar-refractivity contribution < 1.29 is 9.53 Å². The van der Waals surface area contributed by atoms with E-state index in [-0.39, 0.29) is 12.0 Å². The average Bonchev–Trinajstić information content (AvgIpc) is 2.53. The fourth-order valence-electron chi connectivity index (χ4n) is 3.61. The summed E-state index contributed by atoms with van der Waals surface area (Å²) >= 11 is 0. The molecule has 0 spiro atoms. The van der Waals surface area contributed by atoms with Crippen LogP contribution in [0, 0.1) is 5.92 Å². The normalized spacial score (nSPS) is 23.3. The maximum absolute atomic E-state index is 12.2. The second-order valence-corrected chi connectivity index (χ2v) is 6.19. The Bertz CT molecular complexity index is 460. The van der Waals surface area contributed by atoms with Crippen molar-refractivity contribution in [1.29, 1.82) is 0 Å². The van der Waals surface area contributed by atoms with Gasteiger partial charge in [-0.25, -0.2) is 0 Å². The Morgan fingerprint density at radius 2 is 1.85 bits per heavy atom. The van der Waals surface area contributed by atoms with Crippen LogP contribution in [0.1, 0.15) is 62.2 Å². The number of hydrogen-bond acceptors (Lipinski definition) is 2. The first-order valence-corrected chi connectivity index (χ1v) is 8.07. The number of carbonyl (C=O) groups is 1. The Balaban J connectivity index is 1.57. The van der Waals surface area contributed by atoms with Crippen molar-refractivity contribution in [3.63, 3.8) is 0 Å². The van der Waals surface area contributed by atoms with E-state index in [9.17, 15) is 4.79 Å². The van der Waals surface area contributed by atoms with Crippen molar-refractivity contribution in [2.24, 2.45) is 5.92 Å². The van der Waals surface area contributed by atoms with E-state index >= 15 is 0 Å². The van der Waals surface area contributed by atoms with Crippen molar-refractivity contribution in [3.05, 3.63) is 35.4 Å². The molecule has 1 aromatic rings. The molecule has 1 unspecified atom stereocenters. The summed E-state index contributed by atoms with van der Waals surface area (Å²) in [5, 5.41) is 0. The molecule has 2 aliphatic carbocycles. The van der Waals surface area contributed by atoms with E-state index in [1.165, 1.54) is 36.8 Å². The second kappa shape index (κ2) is 6.53. The summed E-state index contributed by atoms with van der Waals surface area (Å²) in [5.74, 6) is 0.593. The van der Waals surface area contributed by atoms with E-state index in [2.05, 4.69) is 24.3 Å². The molecule has 0 amide bonds. The predicted molar refractivity (Wildman–Crippen MR) is 79.7 cm³/mol. The van der Waals surface area contributed by atoms with Crippen LogP contribution >= 0.6 is 0 Å². The van der Waals surface area contributed by atoms with E-state index in [1.54, 1.807) is 0 Å². The van der Waals surface area contributed by atoms with E-state index in [0.717, 1.165) is 25.7 Å². The van der Waals surface area contributed by atoms with Crippen LogP contribution in [0.25, 0.3) is 0 Å². The van der Waals surface area contributed by atoms with E-state index < -0.39 is 0 Å². The highest BCUT2D eigenvalue weighted by Gasteiger charge is 2.24. The van der Waals surface area contributed by atoms with Crippen LogP contribution in [0.2, 0.25) is 0 Å². The molecule has 0 radical (unpaired) electrons. The molecule has 2 nitrogen and oxygen atoms in total. The van der Waals surface area contributed by atoms with Crippen molar-refractivity contribution in [1.82, 2.24) is 0 Å². The highest BCUT2D eigenvalue weighted by Crippen LogP contribution is 2.33. The largest absolute Gasteiger partial charge is 0.366 e. The lowest BCUT2D eigenvalue weighted by Gasteiger charge is -2.26. The molecule has 0 heterocycles. The van der Waals surface area contributed by atoms with Gasteiger partial charge in [0.05, 0.1) is 6.10 Å². The molecule has 0 bridgehead atoms. The third kappa shape index (κ3) is 3.12. The second-order valence-electron chi connectivity index (χ2n) is 6.19. The molecule has 2 aliphatic rings. The van der Waals surface area contributed by atoms with Gasteiger partial charge < -0.3 is 4.74 Å². The lowest BCUT2D eigenvalue weighted by molar-refractivity contribution is -0.130. The van der Waals surface area contributed by atoms with E-state index in [4.69, 9.17) is 4.74 Å². The Morgan fingerprint density at radius 1 is 1.05 bits per heavy atom. The van der Waals surface area contributed by atoms with Gasteiger partial charge in [-0.3, -0.25) is 4.79 Å². The smallest absolute Gasteiger partial charge is 0.161 e. The van der Waals surface area contributed by atoms with Crippen LogP contribution in [0.4, 0.5) is 0 Å². The molecule has 2 heteroatoms. The zero-order valence-corrected chi connectivity index (χ0v) is 12.1. The molecule has 0 N–H and O–H groups in total. The number of hydrogen-bond donors (Lipinski definition) is 0. The Labute approximate surface area is 121 Å². The topological polar surface area (TPSA) is 26.3 Å². The number of ether oxygens (including phenoxy) is 1. The summed E-state index contributed by atoms with van der Waals surface area (Å²) in [4.78, 5) is 12.2. The minimum atomic E-state index is 0.132. The van der Waals surface area contributed by atoms with Crippen LogP contribution < -0.4 is 0 Å². The summed E-state index contributed by atoms with van der Waals surface area (Å²) in [6, 6.07) is 8.51. The number of benzene rings is 1. The number of carbonyl (C=O) groups excluding carboxylic acids is 1. The summed E-state index contributed by atoms with van der Waals surface area (Å²) in [6.07, 6.45) is 9.35. The van der Waals surface area contributed by atoms with Gasteiger partial charge in [-0.05, 0) is 43.2 Å². The molecule has 108 valence electrons. The molecule has 1 saturated carbocycles. The number of fused-ring (bicyclic) bond motifs is 1. The third-order valence-electron chi connectivity index (χ3n) is 4.80. The van der Waals surface area contributed by atoms with Gasteiger partial charge in [0.25, 0.3) is 0 Å². The van der Waals surface area contributed by atoms with Crippen molar-refractivity contribution in [2.45, 2.75) is 57.5 Å². The van der Waals surface area contributed by atoms with Gasteiger partial charge in [0, 0.05) is 5.92 Å². The van der Waals surface area contributed by atoms with Gasteiger partial charge in [-0.2, -0.15) is 0 Å². The SMILES string of the molecule is O=C(COC1CCCc2ccccc21)C1CCCCC1. The molecule has 1 aromatic carbocycles. The zero-order chi connectivity index (χ0) is 13.8. The summed E-state index contributed by atoms with van der Waals surface area (Å²) in [6.45, 7) is 0.309. The van der Waals surface area contributed by atoms with Gasteiger partial charge >= 0.3 is 0 Å². The molecule has 1 atom stereocenters. The van der Waals surface area contributed by atoms with Crippen molar-refractivity contribution in [2.75, 3.05) is 6.61 Å². The van der Waals surface area contributed by atoms with Gasteiger partial charge in [-0.1, -0.05) is 43.5 Å². The van der Waals surface area contributed by atoms with Gasteiger partial charge in [-0.15, -0.1) is 0 Å². The number of Topliss-reactive ketones (excluding diaryl/α,β-unsaturated/α-hetero) is 1. The lowest BCUT2D eigenvalue weighted by Crippen LogP contribution is -2.24. The quantitative estimate of drug-likeness (QED) is 0.820. The van der Waals surface area contributed by atoms with Gasteiger partial charge in [0.2, 0.25) is 0 Å².